The second kappa shape index (κ2) is 14.2. The van der Waals surface area contributed by atoms with Gasteiger partial charge in [0.15, 0.2) is 0 Å². The van der Waals surface area contributed by atoms with Gasteiger partial charge in [0.2, 0.25) is 11.8 Å². The van der Waals surface area contributed by atoms with Gasteiger partial charge in [-0.05, 0) is 43.5 Å². The van der Waals surface area contributed by atoms with Gasteiger partial charge in [-0.1, -0.05) is 79.2 Å². The molecule has 3 aromatic rings. The van der Waals surface area contributed by atoms with Crippen LogP contribution in [0.25, 0.3) is 0 Å². The summed E-state index contributed by atoms with van der Waals surface area (Å²) in [5, 5.41) is 2.99. The van der Waals surface area contributed by atoms with E-state index in [0.717, 1.165) is 31.4 Å². The van der Waals surface area contributed by atoms with Crippen molar-refractivity contribution >= 4 is 27.7 Å². The summed E-state index contributed by atoms with van der Waals surface area (Å²) in [4.78, 5) is 29.3. The number of anilines is 1. The molecule has 0 heterocycles. The van der Waals surface area contributed by atoms with Crippen LogP contribution < -0.4 is 9.62 Å². The molecule has 8 nitrogen and oxygen atoms in total. The Kier molecular flexibility index (Phi) is 11.0. The minimum absolute atomic E-state index is 0.0546. The van der Waals surface area contributed by atoms with Gasteiger partial charge in [0.1, 0.15) is 18.4 Å². The molecule has 0 aromatic heterocycles. The minimum Gasteiger partial charge on any atom is -0.352 e. The smallest absolute Gasteiger partial charge is 0.304 e. The van der Waals surface area contributed by atoms with E-state index < -0.39 is 34.5 Å². The summed E-state index contributed by atoms with van der Waals surface area (Å²) in [7, 11) is -1.64. The predicted octanol–water partition coefficient (Wildman–Crippen LogP) is 4.30. The zero-order valence-corrected chi connectivity index (χ0v) is 25.1. The van der Waals surface area contributed by atoms with E-state index in [1.165, 1.54) is 37.2 Å². The van der Waals surface area contributed by atoms with Crippen LogP contribution in [0.1, 0.15) is 37.0 Å². The summed E-state index contributed by atoms with van der Waals surface area (Å²) in [6.07, 6.45) is 0.901. The van der Waals surface area contributed by atoms with Gasteiger partial charge in [-0.15, -0.1) is 0 Å². The van der Waals surface area contributed by atoms with Crippen LogP contribution in [-0.2, 0) is 32.8 Å². The van der Waals surface area contributed by atoms with E-state index in [2.05, 4.69) is 5.32 Å². The molecule has 0 aliphatic carbocycles. The maximum atomic E-state index is 14.9. The average Bonchev–Trinajstić information content (AvgIpc) is 2.94. The maximum Gasteiger partial charge on any atom is 0.304 e. The molecule has 0 spiro atoms. The molecule has 0 saturated carbocycles. The second-order valence-corrected chi connectivity index (χ2v) is 12.3. The normalized spacial score (nSPS) is 13.0. The third-order valence-electron chi connectivity index (χ3n) is 6.85. The van der Waals surface area contributed by atoms with Gasteiger partial charge in [0.05, 0.1) is 5.69 Å². The van der Waals surface area contributed by atoms with Gasteiger partial charge >= 0.3 is 10.2 Å². The van der Waals surface area contributed by atoms with E-state index >= 15 is 0 Å². The minimum atomic E-state index is -4.27. The molecule has 0 fully saturated rings. The molecule has 0 aliphatic rings. The van der Waals surface area contributed by atoms with Crippen LogP contribution in [0.15, 0.2) is 78.9 Å². The zero-order valence-electron chi connectivity index (χ0n) is 24.2. The third-order valence-corrected chi connectivity index (χ3v) is 8.65. The van der Waals surface area contributed by atoms with Crippen LogP contribution in [0.2, 0.25) is 0 Å². The fourth-order valence-electron chi connectivity index (χ4n) is 4.36. The van der Waals surface area contributed by atoms with E-state index in [-0.39, 0.29) is 30.6 Å². The molecule has 10 heteroatoms. The van der Waals surface area contributed by atoms with Gasteiger partial charge in [0, 0.05) is 33.1 Å². The number of halogens is 1. The number of hydrogen-bond donors (Lipinski definition) is 1. The Morgan fingerprint density at radius 1 is 0.927 bits per heavy atom. The highest BCUT2D eigenvalue weighted by atomic mass is 32.2. The number of carbonyl (C=O) groups is 2. The van der Waals surface area contributed by atoms with Crippen molar-refractivity contribution in [3.05, 3.63) is 101 Å². The summed E-state index contributed by atoms with van der Waals surface area (Å²) in [6, 6.07) is 21.2. The molecule has 220 valence electrons. The Morgan fingerprint density at radius 3 is 2.17 bits per heavy atom. The molecule has 41 heavy (non-hydrogen) atoms. The number of amides is 2. The quantitative estimate of drug-likeness (QED) is 0.326. The first-order valence-electron chi connectivity index (χ1n) is 13.6. The molecule has 0 bridgehead atoms. The van der Waals surface area contributed by atoms with Crippen molar-refractivity contribution in [2.45, 2.75) is 52.2 Å². The topological polar surface area (TPSA) is 90.0 Å². The number of benzene rings is 3. The summed E-state index contributed by atoms with van der Waals surface area (Å²) in [6.45, 7) is 5.11. The van der Waals surface area contributed by atoms with E-state index in [9.17, 15) is 22.4 Å². The van der Waals surface area contributed by atoms with Crippen LogP contribution in [-0.4, -0.2) is 62.2 Å². The Labute approximate surface area is 243 Å². The lowest BCUT2D eigenvalue weighted by Gasteiger charge is -2.35. The van der Waals surface area contributed by atoms with Gasteiger partial charge in [-0.25, -0.2) is 8.70 Å². The Hall–Kier alpha value is -3.76. The SMILES string of the molecule is CC[C@H](C)NC(=O)[C@@H](Cc1ccccc1)N(Cc1cccc(C)c1)C(=O)CN(c1ccccc1F)S(=O)(=O)N(C)C. The second-order valence-electron chi connectivity index (χ2n) is 10.3. The number of rotatable bonds is 13. The molecule has 0 aliphatic heterocycles. The van der Waals surface area contributed by atoms with E-state index in [0.29, 0.717) is 6.42 Å². The highest BCUT2D eigenvalue weighted by Gasteiger charge is 2.35. The van der Waals surface area contributed by atoms with Crippen molar-refractivity contribution in [2.75, 3.05) is 24.9 Å². The first-order valence-corrected chi connectivity index (χ1v) is 15.0. The lowest BCUT2D eigenvalue weighted by Crippen LogP contribution is -2.55. The van der Waals surface area contributed by atoms with E-state index in [1.54, 1.807) is 0 Å². The molecule has 3 rings (SSSR count). The maximum absolute atomic E-state index is 14.9. The number of nitrogens with one attached hydrogen (secondary N) is 1. The number of para-hydroxylation sites is 1. The van der Waals surface area contributed by atoms with Crippen LogP contribution in [0.4, 0.5) is 10.1 Å². The van der Waals surface area contributed by atoms with Gasteiger partial charge < -0.3 is 10.2 Å². The number of aryl methyl sites for hydroxylation is 1. The van der Waals surface area contributed by atoms with Gasteiger partial charge in [-0.3, -0.25) is 9.59 Å². The first kappa shape index (κ1) is 31.8. The Morgan fingerprint density at radius 2 is 1.56 bits per heavy atom. The lowest BCUT2D eigenvalue weighted by atomic mass is 10.0. The molecular formula is C31H39FN4O4S. The van der Waals surface area contributed by atoms with Crippen molar-refractivity contribution in [3.63, 3.8) is 0 Å². The van der Waals surface area contributed by atoms with Crippen molar-refractivity contribution in [2.24, 2.45) is 0 Å². The lowest BCUT2D eigenvalue weighted by molar-refractivity contribution is -0.140. The number of hydrogen-bond acceptors (Lipinski definition) is 4. The molecule has 2 amide bonds. The standard InChI is InChI=1S/C31H39FN4O4S/c1-6-24(3)33-31(38)29(20-25-14-8-7-9-15-25)35(21-26-16-12-13-23(2)19-26)30(37)22-36(41(39,40)34(4)5)28-18-11-10-17-27(28)32/h7-19,24,29H,6,20-22H2,1-5H3,(H,33,38)/t24-,29+/m0/s1. The summed E-state index contributed by atoms with van der Waals surface area (Å²) in [5.41, 5.74) is 2.34. The van der Waals surface area contributed by atoms with Crippen molar-refractivity contribution < 1.29 is 22.4 Å². The highest BCUT2D eigenvalue weighted by Crippen LogP contribution is 2.24. The highest BCUT2D eigenvalue weighted by molar-refractivity contribution is 7.90. The van der Waals surface area contributed by atoms with Gasteiger partial charge in [-0.2, -0.15) is 12.7 Å². The van der Waals surface area contributed by atoms with Crippen molar-refractivity contribution in [1.29, 1.82) is 0 Å². The summed E-state index contributed by atoms with van der Waals surface area (Å²) in [5.74, 6) is -1.77. The van der Waals surface area contributed by atoms with Crippen LogP contribution >= 0.6 is 0 Å². The first-order chi connectivity index (χ1) is 19.4. The Balaban J connectivity index is 2.11. The predicted molar refractivity (Wildman–Crippen MR) is 160 cm³/mol. The zero-order chi connectivity index (χ0) is 30.2. The molecule has 0 unspecified atom stereocenters. The monoisotopic (exact) mass is 582 g/mol. The molecule has 0 radical (unpaired) electrons. The number of nitrogens with zero attached hydrogens (tertiary/aromatic N) is 3. The molecule has 2 atom stereocenters. The third kappa shape index (κ3) is 8.37. The van der Waals surface area contributed by atoms with Crippen LogP contribution in [0, 0.1) is 12.7 Å². The summed E-state index contributed by atoms with van der Waals surface area (Å²) < 4.78 is 43.3. The molecule has 3 aromatic carbocycles. The Bertz CT molecular complexity index is 1430. The molecule has 0 saturated heterocycles. The van der Waals surface area contributed by atoms with Crippen LogP contribution in [0.5, 0.6) is 0 Å². The fourth-order valence-corrected chi connectivity index (χ4v) is 5.42. The van der Waals surface area contributed by atoms with E-state index in [1.807, 2.05) is 75.4 Å². The van der Waals surface area contributed by atoms with Crippen molar-refractivity contribution in [3.8, 4) is 0 Å². The average molecular weight is 583 g/mol. The number of carbonyl (C=O) groups excluding carboxylic acids is 2. The van der Waals surface area contributed by atoms with E-state index in [4.69, 9.17) is 0 Å². The van der Waals surface area contributed by atoms with Crippen molar-refractivity contribution in [1.82, 2.24) is 14.5 Å². The largest absolute Gasteiger partial charge is 0.352 e. The van der Waals surface area contributed by atoms with Gasteiger partial charge in [0.25, 0.3) is 0 Å². The molecule has 1 N–H and O–H groups in total. The molecular weight excluding hydrogens is 543 g/mol. The summed E-state index contributed by atoms with van der Waals surface area (Å²) >= 11 is 0. The van der Waals surface area contributed by atoms with Crippen LogP contribution in [0.3, 0.4) is 0 Å². The fraction of sp³-hybridized carbons (Fsp3) is 0.355.